The van der Waals surface area contributed by atoms with E-state index in [1.807, 2.05) is 0 Å². The van der Waals surface area contributed by atoms with Gasteiger partial charge in [0.15, 0.2) is 0 Å². The second-order valence-electron chi connectivity index (χ2n) is 5.89. The van der Waals surface area contributed by atoms with E-state index in [4.69, 9.17) is 4.74 Å². The van der Waals surface area contributed by atoms with Crippen LogP contribution >= 0.6 is 12.4 Å². The monoisotopic (exact) mass is 278 g/mol. The molecule has 108 valence electrons. The van der Waals surface area contributed by atoms with Crippen molar-refractivity contribution in [3.63, 3.8) is 0 Å². The van der Waals surface area contributed by atoms with Gasteiger partial charge in [0, 0.05) is 13.1 Å². The Hall–Kier alpha value is -0.320. The lowest BCUT2D eigenvalue weighted by atomic mass is 9.90. The van der Waals surface area contributed by atoms with Crippen LogP contribution in [0.15, 0.2) is 0 Å². The van der Waals surface area contributed by atoms with E-state index >= 15 is 0 Å². The summed E-state index contributed by atoms with van der Waals surface area (Å²) >= 11 is 0. The summed E-state index contributed by atoms with van der Waals surface area (Å²) in [5, 5.41) is 6.10. The highest BCUT2D eigenvalue weighted by atomic mass is 35.5. The Kier molecular flexibility index (Phi) is 8.57. The number of amides is 1. The fraction of sp³-hybridized carbons (Fsp3) is 0.923. The molecule has 4 nitrogen and oxygen atoms in total. The summed E-state index contributed by atoms with van der Waals surface area (Å²) in [6.45, 7) is 9.47. The third kappa shape index (κ3) is 7.90. The van der Waals surface area contributed by atoms with E-state index in [9.17, 15) is 4.79 Å². The molecule has 2 N–H and O–H groups in total. The molecule has 0 aromatic carbocycles. The molecule has 1 unspecified atom stereocenters. The fourth-order valence-electron chi connectivity index (χ4n) is 1.85. The largest absolute Gasteiger partial charge is 0.378 e. The molecule has 1 fully saturated rings. The first kappa shape index (κ1) is 17.7. The van der Waals surface area contributed by atoms with Gasteiger partial charge in [0.2, 0.25) is 5.91 Å². The van der Waals surface area contributed by atoms with Gasteiger partial charge >= 0.3 is 0 Å². The molecule has 1 saturated heterocycles. The van der Waals surface area contributed by atoms with Gasteiger partial charge in [0.25, 0.3) is 0 Å². The van der Waals surface area contributed by atoms with Crippen LogP contribution in [-0.2, 0) is 9.53 Å². The van der Waals surface area contributed by atoms with E-state index < -0.39 is 0 Å². The summed E-state index contributed by atoms with van der Waals surface area (Å²) in [7, 11) is 0. The van der Waals surface area contributed by atoms with Crippen LogP contribution < -0.4 is 10.6 Å². The lowest BCUT2D eigenvalue weighted by molar-refractivity contribution is -0.125. The molecular formula is C13H27ClN2O2. The second kappa shape index (κ2) is 8.73. The van der Waals surface area contributed by atoms with E-state index in [-0.39, 0.29) is 24.4 Å². The number of halogens is 1. The number of rotatable bonds is 5. The van der Waals surface area contributed by atoms with Crippen molar-refractivity contribution >= 4 is 18.3 Å². The molecule has 0 bridgehead atoms. The number of carbonyl (C=O) groups is 1. The smallest absolute Gasteiger partial charge is 0.239 e. The first-order valence-corrected chi connectivity index (χ1v) is 6.58. The second-order valence-corrected chi connectivity index (χ2v) is 5.89. The minimum atomic E-state index is -0.161. The van der Waals surface area contributed by atoms with Crippen LogP contribution in [0.1, 0.15) is 40.0 Å². The average Bonchev–Trinajstić information content (AvgIpc) is 2.28. The van der Waals surface area contributed by atoms with Crippen LogP contribution in [0.4, 0.5) is 0 Å². The number of carbonyl (C=O) groups excluding carboxylic acids is 1. The molecule has 5 heteroatoms. The Morgan fingerprint density at radius 2 is 2.11 bits per heavy atom. The third-order valence-electron chi connectivity index (χ3n) is 2.89. The van der Waals surface area contributed by atoms with Crippen molar-refractivity contribution < 1.29 is 9.53 Å². The summed E-state index contributed by atoms with van der Waals surface area (Å²) in [6.07, 6.45) is 3.42. The maximum absolute atomic E-state index is 11.7. The molecule has 0 aliphatic carbocycles. The molecule has 1 rings (SSSR count). The quantitative estimate of drug-likeness (QED) is 0.753. The number of nitrogens with one attached hydrogen (secondary N) is 2. The van der Waals surface area contributed by atoms with Gasteiger partial charge in [-0.2, -0.15) is 0 Å². The maximum Gasteiger partial charge on any atom is 0.239 e. The predicted octanol–water partition coefficient (Wildman–Crippen LogP) is 1.73. The van der Waals surface area contributed by atoms with Crippen LogP contribution in [0.3, 0.4) is 0 Å². The Bertz CT molecular complexity index is 236. The Labute approximate surface area is 117 Å². The average molecular weight is 279 g/mol. The highest BCUT2D eigenvalue weighted by molar-refractivity contribution is 5.85. The van der Waals surface area contributed by atoms with Crippen LogP contribution in [0.25, 0.3) is 0 Å². The van der Waals surface area contributed by atoms with Crippen molar-refractivity contribution in [3.05, 3.63) is 0 Å². The zero-order valence-corrected chi connectivity index (χ0v) is 12.6. The number of hydrogen-bond donors (Lipinski definition) is 2. The topological polar surface area (TPSA) is 50.4 Å². The van der Waals surface area contributed by atoms with Crippen molar-refractivity contribution in [2.75, 3.05) is 26.3 Å². The lowest BCUT2D eigenvalue weighted by Gasteiger charge is -2.23. The lowest BCUT2D eigenvalue weighted by Crippen LogP contribution is -2.51. The number of ether oxygens (including phenoxy) is 1. The van der Waals surface area contributed by atoms with E-state index in [0.717, 1.165) is 19.5 Å². The van der Waals surface area contributed by atoms with E-state index in [1.54, 1.807) is 0 Å². The number of hydrogen-bond acceptors (Lipinski definition) is 3. The predicted molar refractivity (Wildman–Crippen MR) is 76.2 cm³/mol. The van der Waals surface area contributed by atoms with E-state index in [2.05, 4.69) is 31.4 Å². The molecule has 1 amide bonds. The number of unbranched alkanes of at least 4 members (excludes halogenated alkanes) is 1. The Morgan fingerprint density at radius 3 is 2.67 bits per heavy atom. The first-order chi connectivity index (χ1) is 7.99. The van der Waals surface area contributed by atoms with Gasteiger partial charge in [-0.3, -0.25) is 4.79 Å². The van der Waals surface area contributed by atoms with Crippen molar-refractivity contribution in [1.29, 1.82) is 0 Å². The van der Waals surface area contributed by atoms with Gasteiger partial charge in [-0.25, -0.2) is 0 Å². The zero-order valence-electron chi connectivity index (χ0n) is 11.8. The van der Waals surface area contributed by atoms with Gasteiger partial charge in [0.05, 0.1) is 13.2 Å². The molecule has 1 aliphatic heterocycles. The highest BCUT2D eigenvalue weighted by Crippen LogP contribution is 2.21. The highest BCUT2D eigenvalue weighted by Gasteiger charge is 2.20. The Balaban J connectivity index is 0.00000289. The van der Waals surface area contributed by atoms with Crippen molar-refractivity contribution in [2.24, 2.45) is 5.41 Å². The van der Waals surface area contributed by atoms with Gasteiger partial charge in [0.1, 0.15) is 6.04 Å². The van der Waals surface area contributed by atoms with Crippen molar-refractivity contribution in [2.45, 2.75) is 46.1 Å². The molecule has 0 aromatic rings. The van der Waals surface area contributed by atoms with Gasteiger partial charge in [-0.05, 0) is 18.3 Å². The Morgan fingerprint density at radius 1 is 1.39 bits per heavy atom. The van der Waals surface area contributed by atoms with Crippen LogP contribution in [0, 0.1) is 5.41 Å². The van der Waals surface area contributed by atoms with Gasteiger partial charge < -0.3 is 15.4 Å². The molecule has 0 spiro atoms. The van der Waals surface area contributed by atoms with Gasteiger partial charge in [-0.15, -0.1) is 12.4 Å². The summed E-state index contributed by atoms with van der Waals surface area (Å²) in [5.74, 6) is 0.0699. The summed E-state index contributed by atoms with van der Waals surface area (Å²) in [6, 6.07) is -0.161. The summed E-state index contributed by atoms with van der Waals surface area (Å²) in [5.41, 5.74) is 0.392. The minimum Gasteiger partial charge on any atom is -0.378 e. The minimum absolute atomic E-state index is 0. The maximum atomic E-state index is 11.7. The van der Waals surface area contributed by atoms with E-state index in [1.165, 1.54) is 12.8 Å². The molecule has 18 heavy (non-hydrogen) atoms. The van der Waals surface area contributed by atoms with Crippen molar-refractivity contribution in [1.82, 2.24) is 10.6 Å². The van der Waals surface area contributed by atoms with Crippen LogP contribution in [-0.4, -0.2) is 38.3 Å². The van der Waals surface area contributed by atoms with Gasteiger partial charge in [-0.1, -0.05) is 27.2 Å². The summed E-state index contributed by atoms with van der Waals surface area (Å²) in [4.78, 5) is 11.7. The first-order valence-electron chi connectivity index (χ1n) is 6.58. The molecule has 0 saturated carbocycles. The standard InChI is InChI=1S/C13H26N2O2.ClH/c1-13(2,3)6-4-5-7-15-12(16)11-10-17-9-8-14-11;/h11,14H,4-10H2,1-3H3,(H,15,16);1H. The zero-order chi connectivity index (χ0) is 12.7. The molecule has 1 aliphatic rings. The molecule has 0 aromatic heterocycles. The molecule has 0 radical (unpaired) electrons. The van der Waals surface area contributed by atoms with Crippen LogP contribution in [0.5, 0.6) is 0 Å². The number of morpholine rings is 1. The normalized spacial score (nSPS) is 20.1. The third-order valence-corrected chi connectivity index (χ3v) is 2.89. The summed E-state index contributed by atoms with van der Waals surface area (Å²) < 4.78 is 5.25. The van der Waals surface area contributed by atoms with E-state index in [0.29, 0.717) is 18.6 Å². The molecule has 1 atom stereocenters. The van der Waals surface area contributed by atoms with Crippen molar-refractivity contribution in [3.8, 4) is 0 Å². The molecular weight excluding hydrogens is 252 g/mol. The molecule has 1 heterocycles. The SMILES string of the molecule is CC(C)(C)CCCCNC(=O)C1COCCN1.Cl. The van der Waals surface area contributed by atoms with Crippen LogP contribution in [0.2, 0.25) is 0 Å². The fourth-order valence-corrected chi connectivity index (χ4v) is 1.85.